The molecule has 262 valence electrons. The monoisotopic (exact) mass is 677 g/mol. The number of piperazine rings is 1. The third kappa shape index (κ3) is 7.39. The number of anilines is 2. The topological polar surface area (TPSA) is 97.6 Å². The summed E-state index contributed by atoms with van der Waals surface area (Å²) in [7, 11) is 0. The van der Waals surface area contributed by atoms with Crippen LogP contribution in [-0.2, 0) is 33.0 Å². The minimum absolute atomic E-state index is 0.117. The molecule has 0 aliphatic carbocycles. The molecule has 50 heavy (non-hydrogen) atoms. The molecule has 11 nitrogen and oxygen atoms in total. The number of carbonyl (C=O) groups excluding carboxylic acids is 1. The highest BCUT2D eigenvalue weighted by Gasteiger charge is 2.46. The van der Waals surface area contributed by atoms with Crippen LogP contribution in [0.1, 0.15) is 44.7 Å². The van der Waals surface area contributed by atoms with E-state index in [-0.39, 0.29) is 30.1 Å². The number of ether oxygens (including phenoxy) is 3. The summed E-state index contributed by atoms with van der Waals surface area (Å²) in [5, 5.41) is 14.6. The number of amides is 1. The van der Waals surface area contributed by atoms with Crippen LogP contribution in [0, 0.1) is 5.92 Å². The summed E-state index contributed by atoms with van der Waals surface area (Å²) in [5.41, 5.74) is 4.60. The molecule has 4 heterocycles. The number of hydrogen-bond donors (Lipinski definition) is 0. The number of nitrogens with zero attached hydrogens (tertiary/aromatic N) is 7. The zero-order chi connectivity index (χ0) is 34.5. The molecule has 11 heteroatoms. The van der Waals surface area contributed by atoms with Gasteiger partial charge in [-0.1, -0.05) is 49.4 Å². The predicted molar refractivity (Wildman–Crippen MR) is 193 cm³/mol. The molecule has 0 saturated carbocycles. The lowest BCUT2D eigenvalue weighted by molar-refractivity contribution is -0.196. The van der Waals surface area contributed by atoms with Gasteiger partial charge in [-0.3, -0.25) is 4.79 Å². The van der Waals surface area contributed by atoms with Gasteiger partial charge in [-0.2, -0.15) is 20.1 Å². The molecular weight excluding hydrogens is 630 g/mol. The van der Waals surface area contributed by atoms with Crippen molar-refractivity contribution in [2.45, 2.75) is 70.6 Å². The minimum atomic E-state index is -0.987. The van der Waals surface area contributed by atoms with Gasteiger partial charge in [0.25, 0.3) is 5.91 Å². The first kappa shape index (κ1) is 33.7. The average molecular weight is 678 g/mol. The van der Waals surface area contributed by atoms with Gasteiger partial charge in [-0.05, 0) is 75.1 Å². The normalized spacial score (nSPS) is 23.4. The summed E-state index contributed by atoms with van der Waals surface area (Å²) in [6.45, 7) is 10.7. The molecule has 3 aromatic carbocycles. The number of aryl methyl sites for hydroxylation is 1. The van der Waals surface area contributed by atoms with E-state index in [2.05, 4.69) is 68.4 Å². The molecule has 0 N–H and O–H groups in total. The Morgan fingerprint density at radius 2 is 1.52 bits per heavy atom. The summed E-state index contributed by atoms with van der Waals surface area (Å²) < 4.78 is 19.3. The Hall–Kier alpha value is -4.74. The highest BCUT2D eigenvalue weighted by molar-refractivity contribution is 5.97. The molecule has 1 amide bonds. The lowest BCUT2D eigenvalue weighted by atomic mass is 9.99. The van der Waals surface area contributed by atoms with Crippen molar-refractivity contribution in [2.24, 2.45) is 11.0 Å². The van der Waals surface area contributed by atoms with Crippen molar-refractivity contribution in [1.29, 1.82) is 0 Å². The summed E-state index contributed by atoms with van der Waals surface area (Å²) >= 11 is 0. The zero-order valence-electron chi connectivity index (χ0n) is 29.2. The fourth-order valence-corrected chi connectivity index (χ4v) is 6.88. The molecule has 2 fully saturated rings. The maximum atomic E-state index is 12.7. The van der Waals surface area contributed by atoms with Crippen LogP contribution in [0.4, 0.5) is 11.4 Å². The summed E-state index contributed by atoms with van der Waals surface area (Å²) in [4.78, 5) is 19.2. The molecular formula is C39H47N7O4. The molecule has 3 aliphatic rings. The van der Waals surface area contributed by atoms with Gasteiger partial charge in [-0.15, -0.1) is 0 Å². The Kier molecular flexibility index (Phi) is 10.1. The average Bonchev–Trinajstić information content (AvgIpc) is 3.93. The van der Waals surface area contributed by atoms with Gasteiger partial charge < -0.3 is 24.0 Å². The molecule has 7 rings (SSSR count). The van der Waals surface area contributed by atoms with Crippen molar-refractivity contribution in [3.63, 3.8) is 0 Å². The molecule has 0 spiro atoms. The molecule has 0 radical (unpaired) electrons. The largest absolute Gasteiger partial charge is 0.488 e. The SMILES string of the molecule is CCC(C)N1N=CC(CCc2ccc(N3CCN(c4ccc(OC(C)[C@@H]5CO[C@@](Cn6nccn6)(c6ccccc6)O5)cc4)CC3)cc2)C1=O. The molecule has 4 aromatic rings. The Labute approximate surface area is 294 Å². The van der Waals surface area contributed by atoms with Crippen LogP contribution in [0.25, 0.3) is 0 Å². The van der Waals surface area contributed by atoms with Gasteiger partial charge in [0.15, 0.2) is 0 Å². The van der Waals surface area contributed by atoms with Crippen molar-refractivity contribution in [2.75, 3.05) is 42.6 Å². The number of hydrazone groups is 1. The van der Waals surface area contributed by atoms with E-state index in [9.17, 15) is 4.79 Å². The number of carbonyl (C=O) groups is 1. The van der Waals surface area contributed by atoms with Crippen LogP contribution in [0.5, 0.6) is 5.75 Å². The van der Waals surface area contributed by atoms with Crippen LogP contribution in [0.3, 0.4) is 0 Å². The molecule has 5 atom stereocenters. The van der Waals surface area contributed by atoms with Gasteiger partial charge in [-0.25, -0.2) is 5.01 Å². The Balaban J connectivity index is 0.881. The smallest absolute Gasteiger partial charge is 0.251 e. The first-order valence-corrected chi connectivity index (χ1v) is 17.8. The van der Waals surface area contributed by atoms with Crippen molar-refractivity contribution >= 4 is 23.5 Å². The molecule has 0 bridgehead atoms. The Morgan fingerprint density at radius 3 is 2.16 bits per heavy atom. The van der Waals surface area contributed by atoms with E-state index < -0.39 is 5.79 Å². The maximum absolute atomic E-state index is 12.7. The van der Waals surface area contributed by atoms with E-state index in [0.717, 1.165) is 56.8 Å². The second-order valence-corrected chi connectivity index (χ2v) is 13.5. The molecule has 3 aliphatic heterocycles. The van der Waals surface area contributed by atoms with Crippen LogP contribution in [-0.4, -0.2) is 83.2 Å². The van der Waals surface area contributed by atoms with Gasteiger partial charge in [0.05, 0.1) is 31.0 Å². The maximum Gasteiger partial charge on any atom is 0.251 e. The molecule has 3 unspecified atom stereocenters. The lowest BCUT2D eigenvalue weighted by Crippen LogP contribution is -2.46. The fourth-order valence-electron chi connectivity index (χ4n) is 6.88. The lowest BCUT2D eigenvalue weighted by Gasteiger charge is -2.37. The van der Waals surface area contributed by atoms with Crippen LogP contribution in [0.15, 0.2) is 96.4 Å². The van der Waals surface area contributed by atoms with Crippen molar-refractivity contribution in [3.05, 3.63) is 102 Å². The van der Waals surface area contributed by atoms with Crippen molar-refractivity contribution in [1.82, 2.24) is 20.0 Å². The third-order valence-corrected chi connectivity index (χ3v) is 10.1. The van der Waals surface area contributed by atoms with Crippen LogP contribution < -0.4 is 14.5 Å². The first-order chi connectivity index (χ1) is 24.4. The minimum Gasteiger partial charge on any atom is -0.488 e. The number of hydrogen-bond acceptors (Lipinski definition) is 9. The summed E-state index contributed by atoms with van der Waals surface area (Å²) in [5.74, 6) is -0.176. The van der Waals surface area contributed by atoms with E-state index >= 15 is 0 Å². The van der Waals surface area contributed by atoms with Crippen molar-refractivity contribution in [3.8, 4) is 5.75 Å². The van der Waals surface area contributed by atoms with Crippen LogP contribution >= 0.6 is 0 Å². The van der Waals surface area contributed by atoms with E-state index in [4.69, 9.17) is 14.2 Å². The fraction of sp³-hybridized carbons (Fsp3) is 0.436. The molecule has 2 saturated heterocycles. The summed E-state index contributed by atoms with van der Waals surface area (Å²) in [6.07, 6.45) is 7.19. The number of benzene rings is 3. The van der Waals surface area contributed by atoms with E-state index in [1.54, 1.807) is 22.2 Å². The standard InChI is InChI=1S/C39H47N7O4/c1-4-29(2)46-38(47)32(26-42-46)13-10-31-11-14-34(15-12-31)43-22-24-44(25-23-43)35-16-18-36(19-17-35)49-30(3)37-27-48-39(50-37,28-45-40-20-21-41-45)33-8-6-5-7-9-33/h5-9,11-12,14-21,26,29-30,32,37H,4,10,13,22-25,27-28H2,1-3H3/t29?,30?,32?,37-,39+/m0/s1. The Morgan fingerprint density at radius 1 is 0.880 bits per heavy atom. The van der Waals surface area contributed by atoms with Crippen LogP contribution in [0.2, 0.25) is 0 Å². The highest BCUT2D eigenvalue weighted by Crippen LogP contribution is 2.37. The van der Waals surface area contributed by atoms with Gasteiger partial charge in [0, 0.05) is 49.3 Å². The number of aromatic nitrogens is 3. The van der Waals surface area contributed by atoms with E-state index in [1.807, 2.05) is 62.5 Å². The first-order valence-electron chi connectivity index (χ1n) is 17.8. The predicted octanol–water partition coefficient (Wildman–Crippen LogP) is 5.52. The molecule has 1 aromatic heterocycles. The van der Waals surface area contributed by atoms with Gasteiger partial charge in [0.2, 0.25) is 5.79 Å². The van der Waals surface area contributed by atoms with Gasteiger partial charge >= 0.3 is 0 Å². The second-order valence-electron chi connectivity index (χ2n) is 13.5. The van der Waals surface area contributed by atoms with E-state index in [0.29, 0.717) is 13.2 Å². The van der Waals surface area contributed by atoms with E-state index in [1.165, 1.54) is 16.9 Å². The number of rotatable bonds is 13. The zero-order valence-corrected chi connectivity index (χ0v) is 29.2. The highest BCUT2D eigenvalue weighted by atomic mass is 16.8. The van der Waals surface area contributed by atoms with Gasteiger partial charge in [0.1, 0.15) is 24.5 Å². The summed E-state index contributed by atoms with van der Waals surface area (Å²) in [6, 6.07) is 27.3. The quantitative estimate of drug-likeness (QED) is 0.183. The second kappa shape index (κ2) is 15.0. The van der Waals surface area contributed by atoms with Crippen molar-refractivity contribution < 1.29 is 19.0 Å². The third-order valence-electron chi connectivity index (χ3n) is 10.1. The Bertz CT molecular complexity index is 1710.